The number of esters is 2. The molecule has 0 heterocycles. The summed E-state index contributed by atoms with van der Waals surface area (Å²) < 4.78 is 9.70. The minimum absolute atomic E-state index is 0.176. The van der Waals surface area contributed by atoms with Gasteiger partial charge in [0.15, 0.2) is 6.10 Å². The van der Waals surface area contributed by atoms with Crippen molar-refractivity contribution in [2.75, 3.05) is 6.61 Å². The maximum atomic E-state index is 11.2. The van der Waals surface area contributed by atoms with Crippen molar-refractivity contribution in [1.29, 1.82) is 0 Å². The Kier molecular flexibility index (Phi) is 7.71. The zero-order chi connectivity index (χ0) is 13.3. The summed E-state index contributed by atoms with van der Waals surface area (Å²) in [6.45, 7) is 4.63. The lowest BCUT2D eigenvalue weighted by molar-refractivity contribution is -0.159. The van der Waals surface area contributed by atoms with Gasteiger partial charge in [-0.3, -0.25) is 0 Å². The molecule has 0 radical (unpaired) electrons. The fourth-order valence-electron chi connectivity index (χ4n) is 0.945. The van der Waals surface area contributed by atoms with E-state index >= 15 is 0 Å². The third-order valence-corrected chi connectivity index (χ3v) is 1.80. The van der Waals surface area contributed by atoms with E-state index in [1.54, 1.807) is 13.8 Å². The van der Waals surface area contributed by atoms with Gasteiger partial charge >= 0.3 is 11.9 Å². The highest BCUT2D eigenvalue weighted by atomic mass is 16.6. The normalized spacial score (nSPS) is 14.8. The second-order valence-corrected chi connectivity index (χ2v) is 3.35. The van der Waals surface area contributed by atoms with E-state index in [2.05, 4.69) is 0 Å². The number of rotatable bonds is 6. The molecule has 0 saturated heterocycles. The van der Waals surface area contributed by atoms with Crippen molar-refractivity contribution in [2.24, 2.45) is 0 Å². The molecule has 0 amide bonds. The SMILES string of the molecule is C/C=C/C(=O)OCC(OC(=O)/C=C/C)C(C)O. The Balaban J connectivity index is 4.25. The maximum Gasteiger partial charge on any atom is 0.330 e. The molecule has 2 unspecified atom stereocenters. The summed E-state index contributed by atoms with van der Waals surface area (Å²) in [7, 11) is 0. The lowest BCUT2D eigenvalue weighted by atomic mass is 10.2. The van der Waals surface area contributed by atoms with Gasteiger partial charge in [-0.2, -0.15) is 0 Å². The fraction of sp³-hybridized carbons (Fsp3) is 0.500. The van der Waals surface area contributed by atoms with Crippen LogP contribution >= 0.6 is 0 Å². The molecule has 5 nitrogen and oxygen atoms in total. The molecule has 0 aliphatic rings. The topological polar surface area (TPSA) is 72.8 Å². The van der Waals surface area contributed by atoms with Crippen molar-refractivity contribution in [3.05, 3.63) is 24.3 Å². The third kappa shape index (κ3) is 7.30. The van der Waals surface area contributed by atoms with E-state index < -0.39 is 24.1 Å². The van der Waals surface area contributed by atoms with Gasteiger partial charge in [-0.05, 0) is 20.8 Å². The summed E-state index contributed by atoms with van der Waals surface area (Å²) in [5.74, 6) is -1.12. The first kappa shape index (κ1) is 15.4. The molecular formula is C12H18O5. The molecule has 0 saturated carbocycles. The smallest absolute Gasteiger partial charge is 0.330 e. The molecular weight excluding hydrogens is 224 g/mol. The van der Waals surface area contributed by atoms with Crippen LogP contribution in [0.1, 0.15) is 20.8 Å². The van der Waals surface area contributed by atoms with Gasteiger partial charge in [0.2, 0.25) is 0 Å². The molecule has 0 bridgehead atoms. The number of aliphatic hydroxyl groups excluding tert-OH is 1. The Morgan fingerprint density at radius 2 is 1.71 bits per heavy atom. The van der Waals surface area contributed by atoms with Gasteiger partial charge < -0.3 is 14.6 Å². The van der Waals surface area contributed by atoms with Crippen LogP contribution in [0.4, 0.5) is 0 Å². The predicted molar refractivity (Wildman–Crippen MR) is 62.1 cm³/mol. The van der Waals surface area contributed by atoms with Crippen LogP contribution in [0.5, 0.6) is 0 Å². The second kappa shape index (κ2) is 8.52. The number of allylic oxidation sites excluding steroid dienone is 2. The van der Waals surface area contributed by atoms with Crippen LogP contribution in [0.2, 0.25) is 0 Å². The maximum absolute atomic E-state index is 11.2. The van der Waals surface area contributed by atoms with E-state index in [0.717, 1.165) is 0 Å². The predicted octanol–water partition coefficient (Wildman–Crippen LogP) is 0.974. The number of carbonyl (C=O) groups is 2. The minimum atomic E-state index is -0.914. The molecule has 0 aliphatic heterocycles. The molecule has 0 fully saturated rings. The van der Waals surface area contributed by atoms with E-state index in [9.17, 15) is 14.7 Å². The lowest BCUT2D eigenvalue weighted by Crippen LogP contribution is -2.33. The third-order valence-electron chi connectivity index (χ3n) is 1.80. The van der Waals surface area contributed by atoms with Gasteiger partial charge in [0.1, 0.15) is 6.61 Å². The Morgan fingerprint density at radius 3 is 2.18 bits per heavy atom. The number of carbonyl (C=O) groups excluding carboxylic acids is 2. The molecule has 0 rings (SSSR count). The van der Waals surface area contributed by atoms with E-state index in [1.807, 2.05) is 0 Å². The Bertz CT molecular complexity index is 304. The van der Waals surface area contributed by atoms with Crippen LogP contribution in [-0.2, 0) is 19.1 Å². The van der Waals surface area contributed by atoms with Crippen molar-refractivity contribution >= 4 is 11.9 Å². The van der Waals surface area contributed by atoms with Gasteiger partial charge in [0.25, 0.3) is 0 Å². The minimum Gasteiger partial charge on any atom is -0.458 e. The van der Waals surface area contributed by atoms with Crippen molar-refractivity contribution in [2.45, 2.75) is 33.0 Å². The van der Waals surface area contributed by atoms with Crippen LogP contribution < -0.4 is 0 Å². The molecule has 96 valence electrons. The molecule has 2 atom stereocenters. The number of ether oxygens (including phenoxy) is 2. The second-order valence-electron chi connectivity index (χ2n) is 3.35. The number of aliphatic hydroxyl groups is 1. The van der Waals surface area contributed by atoms with Crippen molar-refractivity contribution in [3.8, 4) is 0 Å². The van der Waals surface area contributed by atoms with E-state index in [-0.39, 0.29) is 6.61 Å². The highest BCUT2D eigenvalue weighted by Crippen LogP contribution is 2.02. The van der Waals surface area contributed by atoms with Crippen LogP contribution in [-0.4, -0.2) is 35.9 Å². The Labute approximate surface area is 101 Å². The fourth-order valence-corrected chi connectivity index (χ4v) is 0.945. The van der Waals surface area contributed by atoms with Gasteiger partial charge in [-0.15, -0.1) is 0 Å². The van der Waals surface area contributed by atoms with Gasteiger partial charge in [0.05, 0.1) is 6.10 Å². The molecule has 0 aromatic rings. The molecule has 0 aliphatic carbocycles. The van der Waals surface area contributed by atoms with Crippen molar-refractivity contribution < 1.29 is 24.2 Å². The summed E-state index contributed by atoms with van der Waals surface area (Å²) in [5, 5.41) is 9.36. The summed E-state index contributed by atoms with van der Waals surface area (Å²) in [6, 6.07) is 0. The average molecular weight is 242 g/mol. The molecule has 1 N–H and O–H groups in total. The van der Waals surface area contributed by atoms with E-state index in [0.29, 0.717) is 0 Å². The van der Waals surface area contributed by atoms with Crippen molar-refractivity contribution in [1.82, 2.24) is 0 Å². The number of hydrogen-bond donors (Lipinski definition) is 1. The quantitative estimate of drug-likeness (QED) is 0.555. The highest BCUT2D eigenvalue weighted by Gasteiger charge is 2.20. The van der Waals surface area contributed by atoms with E-state index in [4.69, 9.17) is 9.47 Å². The molecule has 5 heteroatoms. The zero-order valence-corrected chi connectivity index (χ0v) is 10.3. The van der Waals surface area contributed by atoms with Crippen LogP contribution in [0, 0.1) is 0 Å². The van der Waals surface area contributed by atoms with Crippen LogP contribution in [0.3, 0.4) is 0 Å². The average Bonchev–Trinajstić information content (AvgIpc) is 2.24. The van der Waals surface area contributed by atoms with Gasteiger partial charge in [-0.25, -0.2) is 9.59 Å². The molecule has 0 aromatic carbocycles. The monoisotopic (exact) mass is 242 g/mol. The summed E-state index contributed by atoms with van der Waals surface area (Å²) in [6.07, 6.45) is 3.74. The molecule has 0 spiro atoms. The van der Waals surface area contributed by atoms with Crippen molar-refractivity contribution in [3.63, 3.8) is 0 Å². The standard InChI is InChI=1S/C12H18O5/c1-4-6-11(14)16-8-10(9(3)13)17-12(15)7-5-2/h4-7,9-10,13H,8H2,1-3H3/b6-4+,7-5+. The van der Waals surface area contributed by atoms with Crippen LogP contribution in [0.15, 0.2) is 24.3 Å². The summed E-state index contributed by atoms with van der Waals surface area (Å²) in [4.78, 5) is 22.2. The summed E-state index contributed by atoms with van der Waals surface area (Å²) >= 11 is 0. The van der Waals surface area contributed by atoms with E-state index in [1.165, 1.54) is 31.2 Å². The van der Waals surface area contributed by atoms with Gasteiger partial charge in [0, 0.05) is 12.2 Å². The first-order valence-electron chi connectivity index (χ1n) is 5.32. The lowest BCUT2D eigenvalue weighted by Gasteiger charge is -2.19. The van der Waals surface area contributed by atoms with Gasteiger partial charge in [-0.1, -0.05) is 12.2 Å². The van der Waals surface area contributed by atoms with Crippen LogP contribution in [0.25, 0.3) is 0 Å². The Morgan fingerprint density at radius 1 is 1.18 bits per heavy atom. The molecule has 17 heavy (non-hydrogen) atoms. The first-order chi connectivity index (χ1) is 8.01. The summed E-state index contributed by atoms with van der Waals surface area (Å²) in [5.41, 5.74) is 0. The zero-order valence-electron chi connectivity index (χ0n) is 10.3. The molecule has 0 aromatic heterocycles. The Hall–Kier alpha value is -1.62. The highest BCUT2D eigenvalue weighted by molar-refractivity contribution is 5.82. The first-order valence-corrected chi connectivity index (χ1v) is 5.32. The largest absolute Gasteiger partial charge is 0.458 e. The number of hydrogen-bond acceptors (Lipinski definition) is 5.